The van der Waals surface area contributed by atoms with Crippen molar-refractivity contribution in [2.24, 2.45) is 0 Å². The molecule has 0 amide bonds. The first-order valence-corrected chi connectivity index (χ1v) is 1.90. The van der Waals surface area contributed by atoms with Crippen LogP contribution < -0.4 is 0 Å². The van der Waals surface area contributed by atoms with Gasteiger partial charge in [-0.2, -0.15) is 0 Å². The highest BCUT2D eigenvalue weighted by Gasteiger charge is 1.99. The van der Waals surface area contributed by atoms with Gasteiger partial charge in [0.05, 0.1) is 6.61 Å². The van der Waals surface area contributed by atoms with Gasteiger partial charge in [0, 0.05) is 13.5 Å². The summed E-state index contributed by atoms with van der Waals surface area (Å²) in [5, 5.41) is 0. The summed E-state index contributed by atoms with van der Waals surface area (Å²) in [5.74, 6) is 0. The summed E-state index contributed by atoms with van der Waals surface area (Å²) in [6, 6.07) is 0. The normalized spacial score (nSPS) is 10.3. The maximum absolute atomic E-state index is 11.1. The Hall–Kier alpha value is -0.180. The molecule has 0 saturated carbocycles. The van der Waals surface area contributed by atoms with Crippen molar-refractivity contribution in [2.45, 2.75) is 12.8 Å². The van der Waals surface area contributed by atoms with Crippen LogP contribution in [-0.2, 0) is 4.74 Å². The Bertz CT molecular complexity index is 38.7. The zero-order valence-electron chi connectivity index (χ0n) is 4.03. The lowest BCUT2D eigenvalue weighted by atomic mass is 10.5. The van der Waals surface area contributed by atoms with Crippen molar-refractivity contribution >= 4 is 0 Å². The number of methoxy groups -OCH3 is 1. The zero-order chi connectivity index (χ0) is 5.70. The number of alkyl halides is 2. The van der Waals surface area contributed by atoms with Gasteiger partial charge in [-0.3, -0.25) is 0 Å². The standard InChI is InChI=1S/C4H7F2O/c1-7-3-2-4(5)6/h3-4H,2H2,1H3. The molecular formula is C4H7F2O. The van der Waals surface area contributed by atoms with E-state index < -0.39 is 6.43 Å². The monoisotopic (exact) mass is 109 g/mol. The molecule has 0 aliphatic heterocycles. The van der Waals surface area contributed by atoms with E-state index in [-0.39, 0.29) is 6.42 Å². The van der Waals surface area contributed by atoms with Gasteiger partial charge in [-0.1, -0.05) is 0 Å². The molecule has 7 heavy (non-hydrogen) atoms. The van der Waals surface area contributed by atoms with Gasteiger partial charge in [-0.25, -0.2) is 8.78 Å². The number of rotatable bonds is 3. The molecule has 0 bridgehead atoms. The van der Waals surface area contributed by atoms with Gasteiger partial charge in [-0.15, -0.1) is 0 Å². The summed E-state index contributed by atoms with van der Waals surface area (Å²) in [7, 11) is 1.35. The highest BCUT2D eigenvalue weighted by atomic mass is 19.3. The molecule has 0 N–H and O–H groups in total. The minimum absolute atomic E-state index is 0.281. The average molecular weight is 109 g/mol. The summed E-state index contributed by atoms with van der Waals surface area (Å²) in [6.07, 6.45) is -2.56. The molecule has 0 unspecified atom stereocenters. The number of hydrogen-bond acceptors (Lipinski definition) is 1. The van der Waals surface area contributed by atoms with Crippen LogP contribution in [0.5, 0.6) is 0 Å². The van der Waals surface area contributed by atoms with Crippen LogP contribution in [0.25, 0.3) is 0 Å². The molecule has 3 heteroatoms. The number of ether oxygens (including phenoxy) is 1. The summed E-state index contributed by atoms with van der Waals surface area (Å²) in [5.41, 5.74) is 0. The highest BCUT2D eigenvalue weighted by Crippen LogP contribution is 2.00. The largest absolute Gasteiger partial charge is 0.379 e. The summed E-state index contributed by atoms with van der Waals surface area (Å²) >= 11 is 0. The fourth-order valence-corrected chi connectivity index (χ4v) is 0.169. The van der Waals surface area contributed by atoms with E-state index in [1.807, 2.05) is 0 Å². The van der Waals surface area contributed by atoms with E-state index in [9.17, 15) is 8.78 Å². The second-order valence-electron chi connectivity index (χ2n) is 1.03. The van der Waals surface area contributed by atoms with Crippen LogP contribution >= 0.6 is 0 Å². The summed E-state index contributed by atoms with van der Waals surface area (Å²) < 4.78 is 26.5. The van der Waals surface area contributed by atoms with E-state index in [0.717, 1.165) is 6.61 Å². The molecule has 1 radical (unpaired) electrons. The number of hydrogen-bond donors (Lipinski definition) is 0. The molecule has 0 spiro atoms. The SMILES string of the molecule is CO[CH]CC(F)F. The van der Waals surface area contributed by atoms with Crippen molar-refractivity contribution < 1.29 is 13.5 Å². The van der Waals surface area contributed by atoms with Crippen LogP contribution in [0.4, 0.5) is 8.78 Å². The molecule has 0 atom stereocenters. The predicted octanol–water partition coefficient (Wildman–Crippen LogP) is 1.45. The lowest BCUT2D eigenvalue weighted by molar-refractivity contribution is 0.119. The lowest BCUT2D eigenvalue weighted by Gasteiger charge is -1.92. The third-order valence-corrected chi connectivity index (χ3v) is 0.441. The maximum atomic E-state index is 11.1. The molecule has 0 heterocycles. The third kappa shape index (κ3) is 5.82. The van der Waals surface area contributed by atoms with Crippen LogP contribution in [0, 0.1) is 6.61 Å². The maximum Gasteiger partial charge on any atom is 0.241 e. The van der Waals surface area contributed by atoms with Crippen molar-refractivity contribution in [1.82, 2.24) is 0 Å². The Morgan fingerprint density at radius 1 is 1.71 bits per heavy atom. The summed E-state index contributed by atoms with van der Waals surface area (Å²) in [6.45, 7) is 1.07. The van der Waals surface area contributed by atoms with Crippen molar-refractivity contribution in [1.29, 1.82) is 0 Å². The van der Waals surface area contributed by atoms with Gasteiger partial charge in [0.15, 0.2) is 0 Å². The average Bonchev–Trinajstić information content (AvgIpc) is 1.61. The molecule has 0 fully saturated rings. The molecule has 43 valence electrons. The highest BCUT2D eigenvalue weighted by molar-refractivity contribution is 4.49. The first kappa shape index (κ1) is 6.82. The Kier molecular flexibility index (Phi) is 3.89. The van der Waals surface area contributed by atoms with Gasteiger partial charge in [-0.05, 0) is 0 Å². The molecule has 0 saturated heterocycles. The smallest absolute Gasteiger partial charge is 0.241 e. The minimum atomic E-state index is -2.28. The number of halogens is 2. The fraction of sp³-hybridized carbons (Fsp3) is 0.750. The Morgan fingerprint density at radius 2 is 2.29 bits per heavy atom. The molecule has 0 aromatic heterocycles. The van der Waals surface area contributed by atoms with Gasteiger partial charge in [0.1, 0.15) is 0 Å². The van der Waals surface area contributed by atoms with Crippen molar-refractivity contribution in [3.05, 3.63) is 6.61 Å². The van der Waals surface area contributed by atoms with Crippen molar-refractivity contribution in [3.63, 3.8) is 0 Å². The van der Waals surface area contributed by atoms with Gasteiger partial charge in [0.2, 0.25) is 6.43 Å². The Labute approximate surface area is 41.3 Å². The van der Waals surface area contributed by atoms with Crippen LogP contribution in [-0.4, -0.2) is 13.5 Å². The summed E-state index contributed by atoms with van der Waals surface area (Å²) in [4.78, 5) is 0. The first-order chi connectivity index (χ1) is 3.27. The second kappa shape index (κ2) is 3.99. The van der Waals surface area contributed by atoms with Crippen LogP contribution in [0.1, 0.15) is 6.42 Å². The Balaban J connectivity index is 2.68. The molecule has 0 rings (SSSR count). The van der Waals surface area contributed by atoms with Crippen molar-refractivity contribution in [2.75, 3.05) is 7.11 Å². The lowest BCUT2D eigenvalue weighted by Crippen LogP contribution is -1.90. The fourth-order valence-electron chi connectivity index (χ4n) is 0.169. The molecule has 1 nitrogen and oxygen atoms in total. The first-order valence-electron chi connectivity index (χ1n) is 1.90. The van der Waals surface area contributed by atoms with Gasteiger partial charge in [0.25, 0.3) is 0 Å². The van der Waals surface area contributed by atoms with E-state index in [1.54, 1.807) is 0 Å². The van der Waals surface area contributed by atoms with Crippen molar-refractivity contribution in [3.8, 4) is 0 Å². The Morgan fingerprint density at radius 3 is 2.43 bits per heavy atom. The van der Waals surface area contributed by atoms with Crippen LogP contribution in [0.15, 0.2) is 0 Å². The predicted molar refractivity (Wildman–Crippen MR) is 21.9 cm³/mol. The molecule has 0 aromatic rings. The molecular weight excluding hydrogens is 102 g/mol. The quantitative estimate of drug-likeness (QED) is 0.533. The van der Waals surface area contributed by atoms with Crippen LogP contribution in [0.3, 0.4) is 0 Å². The second-order valence-corrected chi connectivity index (χ2v) is 1.03. The van der Waals surface area contributed by atoms with E-state index >= 15 is 0 Å². The minimum Gasteiger partial charge on any atom is -0.379 e. The van der Waals surface area contributed by atoms with Gasteiger partial charge >= 0.3 is 0 Å². The zero-order valence-corrected chi connectivity index (χ0v) is 4.03. The third-order valence-electron chi connectivity index (χ3n) is 0.441. The van der Waals surface area contributed by atoms with Crippen LogP contribution in [0.2, 0.25) is 0 Å². The topological polar surface area (TPSA) is 9.23 Å². The molecule has 0 aliphatic rings. The van der Waals surface area contributed by atoms with E-state index in [2.05, 4.69) is 4.74 Å². The molecule has 0 aromatic carbocycles. The van der Waals surface area contributed by atoms with E-state index in [1.165, 1.54) is 7.11 Å². The molecule has 0 aliphatic carbocycles. The van der Waals surface area contributed by atoms with E-state index in [4.69, 9.17) is 0 Å². The van der Waals surface area contributed by atoms with E-state index in [0.29, 0.717) is 0 Å². The van der Waals surface area contributed by atoms with Gasteiger partial charge < -0.3 is 4.74 Å².